The zero-order valence-corrected chi connectivity index (χ0v) is 23.0. The maximum atomic E-state index is 13.6. The minimum Gasteiger partial charge on any atom is -0.352 e. The molecule has 1 heterocycles. The van der Waals surface area contributed by atoms with Crippen LogP contribution in [0.15, 0.2) is 53.4 Å². The highest BCUT2D eigenvalue weighted by Gasteiger charge is 2.40. The number of sulfonamides is 1. The van der Waals surface area contributed by atoms with Gasteiger partial charge in [-0.1, -0.05) is 62.6 Å². The molecule has 1 aliphatic heterocycles. The second-order valence-electron chi connectivity index (χ2n) is 10.2. The van der Waals surface area contributed by atoms with Gasteiger partial charge in [-0.15, -0.1) is 0 Å². The molecule has 1 N–H and O–H groups in total. The predicted molar refractivity (Wildman–Crippen MR) is 145 cm³/mol. The van der Waals surface area contributed by atoms with Crippen LogP contribution in [0.4, 0.5) is 0 Å². The lowest BCUT2D eigenvalue weighted by Crippen LogP contribution is -2.51. The molecule has 1 aliphatic carbocycles. The second-order valence-corrected chi connectivity index (χ2v) is 12.0. The van der Waals surface area contributed by atoms with E-state index < -0.39 is 22.0 Å². The van der Waals surface area contributed by atoms with Crippen LogP contribution in [0.3, 0.4) is 0 Å². The van der Waals surface area contributed by atoms with Crippen LogP contribution in [-0.2, 0) is 26.2 Å². The number of benzene rings is 2. The molecule has 0 radical (unpaired) electrons. The molecule has 3 amide bonds. The molecule has 0 aromatic heterocycles. The van der Waals surface area contributed by atoms with Crippen molar-refractivity contribution in [3.63, 3.8) is 0 Å². The van der Waals surface area contributed by atoms with Crippen molar-refractivity contribution in [2.24, 2.45) is 0 Å². The summed E-state index contributed by atoms with van der Waals surface area (Å²) >= 11 is 0. The van der Waals surface area contributed by atoms with Gasteiger partial charge in [0.2, 0.25) is 11.8 Å². The fraction of sp³-hybridized carbons (Fsp3) is 0.483. The molecule has 4 rings (SSSR count). The van der Waals surface area contributed by atoms with Crippen molar-refractivity contribution in [3.05, 3.63) is 65.2 Å². The summed E-state index contributed by atoms with van der Waals surface area (Å²) in [6.45, 7) is 4.07. The topological polar surface area (TPSA) is 104 Å². The Morgan fingerprint density at radius 3 is 2.42 bits per heavy atom. The third-order valence-electron chi connectivity index (χ3n) is 7.60. The van der Waals surface area contributed by atoms with Crippen LogP contribution in [0.2, 0.25) is 0 Å². The number of carbonyl (C=O) groups is 3. The van der Waals surface area contributed by atoms with Gasteiger partial charge < -0.3 is 10.2 Å². The summed E-state index contributed by atoms with van der Waals surface area (Å²) in [5.41, 5.74) is 2.14. The van der Waals surface area contributed by atoms with E-state index >= 15 is 0 Å². The van der Waals surface area contributed by atoms with Gasteiger partial charge in [0.15, 0.2) is 0 Å². The van der Waals surface area contributed by atoms with Gasteiger partial charge in [0.05, 0.1) is 5.56 Å². The van der Waals surface area contributed by atoms with Crippen LogP contribution >= 0.6 is 0 Å². The number of fused-ring (bicyclic) bond motifs is 1. The Hall–Kier alpha value is -3.20. The summed E-state index contributed by atoms with van der Waals surface area (Å²) in [4.78, 5) is 41.3. The molecule has 1 unspecified atom stereocenters. The second kappa shape index (κ2) is 12.1. The van der Waals surface area contributed by atoms with Crippen molar-refractivity contribution < 1.29 is 22.8 Å². The molecule has 8 nitrogen and oxygen atoms in total. The molecule has 204 valence electrons. The molecular formula is C29H37N3O5S. The maximum Gasteiger partial charge on any atom is 0.269 e. The predicted octanol–water partition coefficient (Wildman–Crippen LogP) is 4.18. The normalized spacial score (nSPS) is 17.6. The molecule has 0 bridgehead atoms. The standard InChI is InChI=1S/C29H37N3O5S/c1-3-25(28(34)30-23-14-5-4-6-15-23)31(20-22-13-8-7-12-21(22)2)27(33)18-11-19-32-29(35)24-16-9-10-17-26(24)38(32,36)37/h7-10,12-13,16-17,23,25H,3-6,11,14-15,18-20H2,1-2H3,(H,30,34). The van der Waals surface area contributed by atoms with Crippen LogP contribution in [0.1, 0.15) is 79.8 Å². The van der Waals surface area contributed by atoms with Gasteiger partial charge >= 0.3 is 0 Å². The Morgan fingerprint density at radius 1 is 1.05 bits per heavy atom. The quantitative estimate of drug-likeness (QED) is 0.488. The van der Waals surface area contributed by atoms with Gasteiger partial charge in [-0.2, -0.15) is 0 Å². The number of hydrogen-bond acceptors (Lipinski definition) is 5. The molecule has 1 atom stereocenters. The monoisotopic (exact) mass is 539 g/mol. The van der Waals surface area contributed by atoms with Gasteiger partial charge in [0, 0.05) is 25.6 Å². The van der Waals surface area contributed by atoms with Crippen LogP contribution in [0.5, 0.6) is 0 Å². The first-order valence-electron chi connectivity index (χ1n) is 13.5. The summed E-state index contributed by atoms with van der Waals surface area (Å²) in [6.07, 6.45) is 5.93. The van der Waals surface area contributed by atoms with E-state index in [1.54, 1.807) is 17.0 Å². The van der Waals surface area contributed by atoms with Crippen LogP contribution in [0, 0.1) is 6.92 Å². The van der Waals surface area contributed by atoms with Crippen LogP contribution in [0.25, 0.3) is 0 Å². The molecule has 9 heteroatoms. The first kappa shape index (κ1) is 27.8. The van der Waals surface area contributed by atoms with E-state index in [0.29, 0.717) is 6.42 Å². The minimum absolute atomic E-state index is 0.00272. The average molecular weight is 540 g/mol. The van der Waals surface area contributed by atoms with Crippen molar-refractivity contribution in [3.8, 4) is 0 Å². The lowest BCUT2D eigenvalue weighted by molar-refractivity contribution is -0.141. The lowest BCUT2D eigenvalue weighted by Gasteiger charge is -2.33. The molecule has 0 saturated heterocycles. The van der Waals surface area contributed by atoms with Gasteiger partial charge in [-0.05, 0) is 55.9 Å². The zero-order chi connectivity index (χ0) is 27.3. The zero-order valence-electron chi connectivity index (χ0n) is 22.2. The van der Waals surface area contributed by atoms with E-state index in [0.717, 1.165) is 41.1 Å². The maximum absolute atomic E-state index is 13.6. The SMILES string of the molecule is CCC(C(=O)NC1CCCCC1)N(Cc1ccccc1C)C(=O)CCCN1C(=O)c2ccccc2S1(=O)=O. The first-order valence-corrected chi connectivity index (χ1v) is 15.0. The Kier molecular flexibility index (Phi) is 8.87. The van der Waals surface area contributed by atoms with E-state index in [-0.39, 0.29) is 54.2 Å². The van der Waals surface area contributed by atoms with Gasteiger partial charge in [0.1, 0.15) is 10.9 Å². The van der Waals surface area contributed by atoms with Gasteiger partial charge in [-0.3, -0.25) is 14.4 Å². The van der Waals surface area contributed by atoms with Crippen LogP contribution in [-0.4, -0.2) is 54.0 Å². The summed E-state index contributed by atoms with van der Waals surface area (Å²) in [7, 11) is -3.92. The number of carbonyl (C=O) groups excluding carboxylic acids is 3. The number of aryl methyl sites for hydroxylation is 1. The minimum atomic E-state index is -3.92. The average Bonchev–Trinajstić information content (AvgIpc) is 3.10. The molecule has 1 fully saturated rings. The third kappa shape index (κ3) is 5.93. The number of nitrogens with one attached hydrogen (secondary N) is 1. The van der Waals surface area contributed by atoms with E-state index in [2.05, 4.69) is 5.32 Å². The van der Waals surface area contributed by atoms with Crippen molar-refractivity contribution in [1.82, 2.24) is 14.5 Å². The first-order chi connectivity index (χ1) is 18.2. The van der Waals surface area contributed by atoms with Gasteiger partial charge in [-0.25, -0.2) is 12.7 Å². The fourth-order valence-corrected chi connectivity index (χ4v) is 7.01. The van der Waals surface area contributed by atoms with E-state index in [1.807, 2.05) is 38.1 Å². The van der Waals surface area contributed by atoms with Crippen molar-refractivity contribution >= 4 is 27.7 Å². The molecule has 0 spiro atoms. The largest absolute Gasteiger partial charge is 0.352 e. The number of amides is 3. The summed E-state index contributed by atoms with van der Waals surface area (Å²) < 4.78 is 26.6. The van der Waals surface area contributed by atoms with Crippen molar-refractivity contribution in [2.75, 3.05) is 6.54 Å². The number of nitrogens with zero attached hydrogens (tertiary/aromatic N) is 2. The smallest absolute Gasteiger partial charge is 0.269 e. The molecule has 2 aromatic carbocycles. The highest BCUT2D eigenvalue weighted by atomic mass is 32.2. The summed E-state index contributed by atoms with van der Waals surface area (Å²) in [6, 6.07) is 13.4. The summed E-state index contributed by atoms with van der Waals surface area (Å²) in [5, 5.41) is 3.17. The third-order valence-corrected chi connectivity index (χ3v) is 9.44. The molecule has 2 aliphatic rings. The molecule has 1 saturated carbocycles. The Labute approximate surface area is 225 Å². The Morgan fingerprint density at radius 2 is 1.74 bits per heavy atom. The highest BCUT2D eigenvalue weighted by Crippen LogP contribution is 2.30. The lowest BCUT2D eigenvalue weighted by atomic mass is 9.95. The van der Waals surface area contributed by atoms with E-state index in [9.17, 15) is 22.8 Å². The Bertz CT molecular complexity index is 1290. The van der Waals surface area contributed by atoms with Crippen LogP contribution < -0.4 is 5.32 Å². The van der Waals surface area contributed by atoms with E-state index in [1.165, 1.54) is 18.6 Å². The number of rotatable bonds is 10. The number of hydrogen-bond donors (Lipinski definition) is 1. The molecular weight excluding hydrogens is 502 g/mol. The Balaban J connectivity index is 1.47. The van der Waals surface area contributed by atoms with Crippen molar-refractivity contribution in [1.29, 1.82) is 0 Å². The highest BCUT2D eigenvalue weighted by molar-refractivity contribution is 7.90. The molecule has 38 heavy (non-hydrogen) atoms. The van der Waals surface area contributed by atoms with Gasteiger partial charge in [0.25, 0.3) is 15.9 Å². The fourth-order valence-electron chi connectivity index (χ4n) is 5.40. The van der Waals surface area contributed by atoms with E-state index in [4.69, 9.17) is 0 Å². The summed E-state index contributed by atoms with van der Waals surface area (Å²) in [5.74, 6) is -0.947. The molecule has 2 aromatic rings. The van der Waals surface area contributed by atoms with Crippen molar-refractivity contribution in [2.45, 2.75) is 88.7 Å².